The largest absolute Gasteiger partial charge is 0.480 e. The summed E-state index contributed by atoms with van der Waals surface area (Å²) in [5, 5.41) is 11.7. The molecule has 0 aliphatic rings. The van der Waals surface area contributed by atoms with E-state index in [4.69, 9.17) is 15.6 Å². The van der Waals surface area contributed by atoms with E-state index in [-0.39, 0.29) is 25.0 Å². The fraction of sp³-hybridized carbons (Fsp3) is 0.818. The zero-order valence-electron chi connectivity index (χ0n) is 10.7. The van der Waals surface area contributed by atoms with Crippen LogP contribution < -0.4 is 11.1 Å². The molecule has 0 aliphatic carbocycles. The highest BCUT2D eigenvalue weighted by atomic mass is 16.5. The summed E-state index contributed by atoms with van der Waals surface area (Å²) in [4.78, 5) is 22.9. The van der Waals surface area contributed by atoms with Gasteiger partial charge in [-0.2, -0.15) is 0 Å². The Balaban J connectivity index is 4.57. The maximum Gasteiger partial charge on any atom is 0.329 e. The molecule has 1 unspecified atom stereocenters. The van der Waals surface area contributed by atoms with Crippen LogP contribution in [0.3, 0.4) is 0 Å². The quantitative estimate of drug-likeness (QED) is 0.564. The highest BCUT2D eigenvalue weighted by molar-refractivity contribution is 5.87. The van der Waals surface area contributed by atoms with Gasteiger partial charge in [0, 0.05) is 13.7 Å². The molecular weight excluding hydrogens is 224 g/mol. The molecule has 0 saturated heterocycles. The number of carboxylic acid groups (broad SMARTS) is 1. The normalized spacial score (nSPS) is 13.2. The summed E-state index contributed by atoms with van der Waals surface area (Å²) in [6.07, 6.45) is 0.368. The third-order valence-electron chi connectivity index (χ3n) is 3.00. The van der Waals surface area contributed by atoms with Crippen LogP contribution in [-0.4, -0.2) is 42.3 Å². The number of aliphatic carboxylic acids is 1. The number of rotatable bonds is 8. The Morgan fingerprint density at radius 2 is 1.94 bits per heavy atom. The molecule has 0 radical (unpaired) electrons. The molecule has 0 saturated carbocycles. The Morgan fingerprint density at radius 1 is 1.41 bits per heavy atom. The van der Waals surface area contributed by atoms with E-state index in [1.165, 1.54) is 7.11 Å². The first-order chi connectivity index (χ1) is 7.95. The zero-order valence-corrected chi connectivity index (χ0v) is 10.7. The lowest BCUT2D eigenvalue weighted by Crippen LogP contribution is -2.54. The smallest absolute Gasteiger partial charge is 0.329 e. The van der Waals surface area contributed by atoms with Crippen molar-refractivity contribution in [2.45, 2.75) is 44.8 Å². The van der Waals surface area contributed by atoms with Gasteiger partial charge in [0.1, 0.15) is 5.54 Å². The number of nitrogens with one attached hydrogen (secondary N) is 1. The first-order valence-corrected chi connectivity index (χ1v) is 5.73. The molecule has 6 nitrogen and oxygen atoms in total. The molecule has 1 amide bonds. The summed E-state index contributed by atoms with van der Waals surface area (Å²) in [5.41, 5.74) is 4.21. The molecule has 0 spiro atoms. The topological polar surface area (TPSA) is 102 Å². The van der Waals surface area contributed by atoms with Gasteiger partial charge in [0.05, 0.1) is 12.5 Å². The van der Waals surface area contributed by atoms with Crippen molar-refractivity contribution < 1.29 is 19.4 Å². The van der Waals surface area contributed by atoms with Gasteiger partial charge >= 0.3 is 5.97 Å². The molecule has 0 rings (SSSR count). The van der Waals surface area contributed by atoms with E-state index in [1.807, 2.05) is 0 Å². The molecule has 100 valence electrons. The second kappa shape index (κ2) is 7.24. The van der Waals surface area contributed by atoms with Crippen LogP contribution in [0, 0.1) is 0 Å². The predicted octanol–water partition coefficient (Wildman–Crippen LogP) is 0.110. The molecule has 0 aliphatic heterocycles. The standard InChI is InChI=1S/C11H22N2O4/c1-4-11(5-2,10(15)16)13-9(14)6-8(7-12)17-3/h8H,4-7,12H2,1-3H3,(H,13,14)(H,15,16). The van der Waals surface area contributed by atoms with Crippen molar-refractivity contribution in [3.63, 3.8) is 0 Å². The number of amides is 1. The van der Waals surface area contributed by atoms with E-state index >= 15 is 0 Å². The summed E-state index contributed by atoms with van der Waals surface area (Å²) in [7, 11) is 1.47. The van der Waals surface area contributed by atoms with Crippen LogP contribution in [-0.2, 0) is 14.3 Å². The highest BCUT2D eigenvalue weighted by Gasteiger charge is 2.36. The molecule has 0 bridgehead atoms. The Morgan fingerprint density at radius 3 is 2.24 bits per heavy atom. The second-order valence-corrected chi connectivity index (χ2v) is 3.94. The van der Waals surface area contributed by atoms with Crippen LogP contribution >= 0.6 is 0 Å². The van der Waals surface area contributed by atoms with Crippen LogP contribution in [0.4, 0.5) is 0 Å². The lowest BCUT2D eigenvalue weighted by atomic mass is 9.92. The Kier molecular flexibility index (Phi) is 6.75. The first kappa shape index (κ1) is 15.9. The number of carbonyl (C=O) groups excluding carboxylic acids is 1. The second-order valence-electron chi connectivity index (χ2n) is 3.94. The monoisotopic (exact) mass is 246 g/mol. The van der Waals surface area contributed by atoms with Crippen LogP contribution in [0.1, 0.15) is 33.1 Å². The zero-order chi connectivity index (χ0) is 13.5. The average molecular weight is 246 g/mol. The van der Waals surface area contributed by atoms with Gasteiger partial charge in [-0.1, -0.05) is 13.8 Å². The summed E-state index contributed by atoms with van der Waals surface area (Å²) >= 11 is 0. The van der Waals surface area contributed by atoms with Gasteiger partial charge in [-0.15, -0.1) is 0 Å². The van der Waals surface area contributed by atoms with Crippen molar-refractivity contribution >= 4 is 11.9 Å². The van der Waals surface area contributed by atoms with Crippen molar-refractivity contribution in [2.75, 3.05) is 13.7 Å². The van der Waals surface area contributed by atoms with Gasteiger partial charge in [-0.3, -0.25) is 4.79 Å². The van der Waals surface area contributed by atoms with Gasteiger partial charge in [0.25, 0.3) is 0 Å². The minimum atomic E-state index is -1.19. The van der Waals surface area contributed by atoms with Crippen molar-refractivity contribution in [1.29, 1.82) is 0 Å². The van der Waals surface area contributed by atoms with E-state index in [0.29, 0.717) is 12.8 Å². The van der Waals surface area contributed by atoms with Crippen LogP contribution in [0.5, 0.6) is 0 Å². The minimum absolute atomic E-state index is 0.0715. The van der Waals surface area contributed by atoms with Gasteiger partial charge in [-0.25, -0.2) is 4.79 Å². The van der Waals surface area contributed by atoms with Crippen molar-refractivity contribution in [2.24, 2.45) is 5.73 Å². The summed E-state index contributed by atoms with van der Waals surface area (Å²) in [6, 6.07) is 0. The Hall–Kier alpha value is -1.14. The number of hydrogen-bond donors (Lipinski definition) is 3. The van der Waals surface area contributed by atoms with E-state index in [0.717, 1.165) is 0 Å². The maximum atomic E-state index is 11.7. The van der Waals surface area contributed by atoms with Crippen molar-refractivity contribution in [1.82, 2.24) is 5.32 Å². The molecule has 0 aromatic carbocycles. The molecule has 0 fully saturated rings. The number of hydrogen-bond acceptors (Lipinski definition) is 4. The summed E-state index contributed by atoms with van der Waals surface area (Å²) in [6.45, 7) is 3.69. The number of methoxy groups -OCH3 is 1. The summed E-state index contributed by atoms with van der Waals surface area (Å²) in [5.74, 6) is -1.37. The van der Waals surface area contributed by atoms with Crippen molar-refractivity contribution in [3.05, 3.63) is 0 Å². The Bertz CT molecular complexity index is 260. The third kappa shape index (κ3) is 4.32. The summed E-state index contributed by atoms with van der Waals surface area (Å²) < 4.78 is 4.98. The fourth-order valence-corrected chi connectivity index (χ4v) is 1.57. The molecular formula is C11H22N2O4. The fourth-order valence-electron chi connectivity index (χ4n) is 1.57. The molecule has 4 N–H and O–H groups in total. The van der Waals surface area contributed by atoms with Crippen LogP contribution in [0.2, 0.25) is 0 Å². The van der Waals surface area contributed by atoms with Gasteiger partial charge in [0.15, 0.2) is 0 Å². The lowest BCUT2D eigenvalue weighted by molar-refractivity contribution is -0.148. The lowest BCUT2D eigenvalue weighted by Gasteiger charge is -2.28. The van der Waals surface area contributed by atoms with E-state index in [1.54, 1.807) is 13.8 Å². The molecule has 0 heterocycles. The van der Waals surface area contributed by atoms with Crippen LogP contribution in [0.25, 0.3) is 0 Å². The van der Waals surface area contributed by atoms with E-state index < -0.39 is 11.5 Å². The van der Waals surface area contributed by atoms with Gasteiger partial charge in [-0.05, 0) is 12.8 Å². The molecule has 0 aromatic heterocycles. The third-order valence-corrected chi connectivity index (χ3v) is 3.00. The van der Waals surface area contributed by atoms with Gasteiger partial charge in [0.2, 0.25) is 5.91 Å². The number of ether oxygens (including phenoxy) is 1. The highest BCUT2D eigenvalue weighted by Crippen LogP contribution is 2.15. The SMILES string of the molecule is CCC(CC)(NC(=O)CC(CN)OC)C(=O)O. The maximum absolute atomic E-state index is 11.7. The van der Waals surface area contributed by atoms with Crippen molar-refractivity contribution in [3.8, 4) is 0 Å². The Labute approximate surface area is 102 Å². The molecule has 6 heteroatoms. The average Bonchev–Trinajstić information content (AvgIpc) is 2.32. The first-order valence-electron chi connectivity index (χ1n) is 5.73. The number of nitrogens with two attached hydrogens (primary N) is 1. The molecule has 17 heavy (non-hydrogen) atoms. The predicted molar refractivity (Wildman–Crippen MR) is 63.6 cm³/mol. The van der Waals surface area contributed by atoms with Gasteiger partial charge < -0.3 is 20.9 Å². The van der Waals surface area contributed by atoms with E-state index in [9.17, 15) is 9.59 Å². The number of carboxylic acids is 1. The van der Waals surface area contributed by atoms with Crippen LogP contribution in [0.15, 0.2) is 0 Å². The minimum Gasteiger partial charge on any atom is -0.480 e. The molecule has 0 aromatic rings. The van der Waals surface area contributed by atoms with E-state index in [2.05, 4.69) is 5.32 Å². The number of carbonyl (C=O) groups is 2. The molecule has 1 atom stereocenters.